The topological polar surface area (TPSA) is 70.3 Å². The summed E-state index contributed by atoms with van der Waals surface area (Å²) in [6.07, 6.45) is 1.64. The maximum absolute atomic E-state index is 5.69. The summed E-state index contributed by atoms with van der Waals surface area (Å²) in [7, 11) is 3.29. The van der Waals surface area contributed by atoms with E-state index < -0.39 is 0 Å². The van der Waals surface area contributed by atoms with Gasteiger partial charge in [0.1, 0.15) is 11.5 Å². The van der Waals surface area contributed by atoms with Crippen LogP contribution in [0.3, 0.4) is 0 Å². The highest BCUT2D eigenvalue weighted by Gasteiger charge is 2.10. The number of aromatic nitrogens is 2. The normalized spacial score (nSPS) is 10.3. The molecule has 0 amide bonds. The first kappa shape index (κ1) is 14.8. The van der Waals surface area contributed by atoms with Crippen molar-refractivity contribution in [2.45, 2.75) is 0 Å². The molecule has 0 aliphatic rings. The SMILES string of the molecule is COc1ccc(-c2ccc(OC)c(-c3ccnc(N)n3)c2)cc1. The van der Waals surface area contributed by atoms with Crippen LogP contribution in [-0.4, -0.2) is 24.2 Å². The molecule has 2 N–H and O–H groups in total. The standard InChI is InChI=1S/C18H17N3O2/c1-22-14-6-3-12(4-7-14)13-5-8-17(23-2)15(11-13)16-9-10-20-18(19)21-16/h3-11H,1-2H3,(H2,19,20,21). The van der Waals surface area contributed by atoms with E-state index in [4.69, 9.17) is 15.2 Å². The number of nitrogen functional groups attached to an aromatic ring is 1. The lowest BCUT2D eigenvalue weighted by Gasteiger charge is -2.11. The largest absolute Gasteiger partial charge is 0.497 e. The first-order valence-corrected chi connectivity index (χ1v) is 7.12. The lowest BCUT2D eigenvalue weighted by molar-refractivity contribution is 0.415. The van der Waals surface area contributed by atoms with Crippen molar-refractivity contribution < 1.29 is 9.47 Å². The van der Waals surface area contributed by atoms with Crippen LogP contribution in [0.15, 0.2) is 54.7 Å². The Balaban J connectivity index is 2.08. The van der Waals surface area contributed by atoms with E-state index in [9.17, 15) is 0 Å². The lowest BCUT2D eigenvalue weighted by atomic mass is 10.0. The number of rotatable bonds is 4. The molecule has 0 unspecified atom stereocenters. The highest BCUT2D eigenvalue weighted by molar-refractivity contribution is 5.76. The van der Waals surface area contributed by atoms with E-state index in [0.29, 0.717) is 0 Å². The van der Waals surface area contributed by atoms with Crippen molar-refractivity contribution in [3.05, 3.63) is 54.7 Å². The van der Waals surface area contributed by atoms with Crippen molar-refractivity contribution in [1.82, 2.24) is 9.97 Å². The average Bonchev–Trinajstić information content (AvgIpc) is 2.61. The minimum Gasteiger partial charge on any atom is -0.497 e. The smallest absolute Gasteiger partial charge is 0.220 e. The number of benzene rings is 2. The number of ether oxygens (including phenoxy) is 2. The fourth-order valence-electron chi connectivity index (χ4n) is 2.39. The van der Waals surface area contributed by atoms with Crippen LogP contribution in [0.1, 0.15) is 0 Å². The second-order valence-electron chi connectivity index (χ2n) is 4.94. The van der Waals surface area contributed by atoms with Crippen molar-refractivity contribution in [2.75, 3.05) is 20.0 Å². The molecular formula is C18H17N3O2. The molecule has 1 heterocycles. The molecule has 5 heteroatoms. The summed E-state index contributed by atoms with van der Waals surface area (Å²) in [5.41, 5.74) is 9.42. The van der Waals surface area contributed by atoms with E-state index in [1.165, 1.54) is 0 Å². The van der Waals surface area contributed by atoms with E-state index >= 15 is 0 Å². The van der Waals surface area contributed by atoms with Crippen LogP contribution in [-0.2, 0) is 0 Å². The Labute approximate surface area is 134 Å². The zero-order valence-corrected chi connectivity index (χ0v) is 13.0. The van der Waals surface area contributed by atoms with Crippen LogP contribution in [0.2, 0.25) is 0 Å². The highest BCUT2D eigenvalue weighted by atomic mass is 16.5. The quantitative estimate of drug-likeness (QED) is 0.800. The zero-order chi connectivity index (χ0) is 16.2. The van der Waals surface area contributed by atoms with Gasteiger partial charge in [-0.3, -0.25) is 0 Å². The first-order chi connectivity index (χ1) is 11.2. The number of methoxy groups -OCH3 is 2. The number of nitrogens with zero attached hydrogens (tertiary/aromatic N) is 2. The number of nitrogens with two attached hydrogens (primary N) is 1. The second-order valence-corrected chi connectivity index (χ2v) is 4.94. The number of anilines is 1. The molecule has 1 aromatic heterocycles. The fourth-order valence-corrected chi connectivity index (χ4v) is 2.39. The van der Waals surface area contributed by atoms with Crippen LogP contribution >= 0.6 is 0 Å². The monoisotopic (exact) mass is 307 g/mol. The van der Waals surface area contributed by atoms with Gasteiger partial charge in [0, 0.05) is 11.8 Å². The summed E-state index contributed by atoms with van der Waals surface area (Å²) >= 11 is 0. The van der Waals surface area contributed by atoms with Crippen LogP contribution in [0.25, 0.3) is 22.4 Å². The Bertz CT molecular complexity index is 817. The predicted octanol–water partition coefficient (Wildman–Crippen LogP) is 3.41. The number of hydrogen-bond acceptors (Lipinski definition) is 5. The summed E-state index contributed by atoms with van der Waals surface area (Å²) in [4.78, 5) is 8.21. The molecule has 0 spiro atoms. The Hall–Kier alpha value is -3.08. The summed E-state index contributed by atoms with van der Waals surface area (Å²) in [5.74, 6) is 1.80. The maximum Gasteiger partial charge on any atom is 0.220 e. The van der Waals surface area contributed by atoms with Crippen LogP contribution in [0.5, 0.6) is 11.5 Å². The van der Waals surface area contributed by atoms with Gasteiger partial charge in [0.05, 0.1) is 19.9 Å². The molecule has 0 aliphatic heterocycles. The first-order valence-electron chi connectivity index (χ1n) is 7.12. The summed E-state index contributed by atoms with van der Waals surface area (Å²) < 4.78 is 10.6. The molecule has 3 rings (SSSR count). The van der Waals surface area contributed by atoms with E-state index in [1.807, 2.05) is 48.5 Å². The van der Waals surface area contributed by atoms with Gasteiger partial charge in [-0.2, -0.15) is 0 Å². The molecule has 0 bridgehead atoms. The van der Waals surface area contributed by atoms with Crippen molar-refractivity contribution in [2.24, 2.45) is 0 Å². The highest BCUT2D eigenvalue weighted by Crippen LogP contribution is 2.33. The Morgan fingerprint density at radius 2 is 1.61 bits per heavy atom. The second kappa shape index (κ2) is 6.36. The average molecular weight is 307 g/mol. The predicted molar refractivity (Wildman–Crippen MR) is 90.4 cm³/mol. The molecule has 3 aromatic rings. The van der Waals surface area contributed by atoms with Gasteiger partial charge in [-0.05, 0) is 41.5 Å². The number of hydrogen-bond donors (Lipinski definition) is 1. The lowest BCUT2D eigenvalue weighted by Crippen LogP contribution is -1.97. The summed E-state index contributed by atoms with van der Waals surface area (Å²) in [5, 5.41) is 0. The third-order valence-electron chi connectivity index (χ3n) is 3.57. The molecule has 23 heavy (non-hydrogen) atoms. The summed E-state index contributed by atoms with van der Waals surface area (Å²) in [6.45, 7) is 0. The van der Waals surface area contributed by atoms with Crippen LogP contribution in [0, 0.1) is 0 Å². The van der Waals surface area contributed by atoms with Crippen LogP contribution in [0.4, 0.5) is 5.95 Å². The Morgan fingerprint density at radius 3 is 2.26 bits per heavy atom. The zero-order valence-electron chi connectivity index (χ0n) is 13.0. The Morgan fingerprint density at radius 1 is 0.870 bits per heavy atom. The third kappa shape index (κ3) is 3.08. The van der Waals surface area contributed by atoms with Crippen molar-refractivity contribution in [3.8, 4) is 33.9 Å². The molecular weight excluding hydrogens is 290 g/mol. The molecule has 0 radical (unpaired) electrons. The minimum atomic E-state index is 0.236. The molecule has 0 fully saturated rings. The van der Waals surface area contributed by atoms with Crippen molar-refractivity contribution in [3.63, 3.8) is 0 Å². The molecule has 5 nitrogen and oxygen atoms in total. The summed E-state index contributed by atoms with van der Waals surface area (Å²) in [6, 6.07) is 15.7. The van der Waals surface area contributed by atoms with Crippen molar-refractivity contribution >= 4 is 5.95 Å². The molecule has 0 saturated carbocycles. The van der Waals surface area contributed by atoms with Gasteiger partial charge in [0.15, 0.2) is 0 Å². The van der Waals surface area contributed by atoms with Gasteiger partial charge in [0.2, 0.25) is 5.95 Å². The molecule has 0 aliphatic carbocycles. The fraction of sp³-hybridized carbons (Fsp3) is 0.111. The van der Waals surface area contributed by atoms with E-state index in [0.717, 1.165) is 33.9 Å². The minimum absolute atomic E-state index is 0.236. The van der Waals surface area contributed by atoms with Gasteiger partial charge < -0.3 is 15.2 Å². The molecule has 116 valence electrons. The van der Waals surface area contributed by atoms with Gasteiger partial charge in [-0.15, -0.1) is 0 Å². The maximum atomic E-state index is 5.69. The molecule has 0 atom stereocenters. The van der Waals surface area contributed by atoms with E-state index in [1.54, 1.807) is 20.4 Å². The van der Waals surface area contributed by atoms with Gasteiger partial charge in [0.25, 0.3) is 0 Å². The van der Waals surface area contributed by atoms with Crippen molar-refractivity contribution in [1.29, 1.82) is 0 Å². The molecule has 0 saturated heterocycles. The van der Waals surface area contributed by atoms with Gasteiger partial charge >= 0.3 is 0 Å². The van der Waals surface area contributed by atoms with Crippen LogP contribution < -0.4 is 15.2 Å². The molecule has 2 aromatic carbocycles. The van der Waals surface area contributed by atoms with Gasteiger partial charge in [-0.25, -0.2) is 9.97 Å². The Kier molecular flexibility index (Phi) is 4.10. The van der Waals surface area contributed by atoms with E-state index in [-0.39, 0.29) is 5.95 Å². The van der Waals surface area contributed by atoms with E-state index in [2.05, 4.69) is 9.97 Å². The third-order valence-corrected chi connectivity index (χ3v) is 3.57. The van der Waals surface area contributed by atoms with Gasteiger partial charge in [-0.1, -0.05) is 18.2 Å².